The van der Waals surface area contributed by atoms with Crippen molar-refractivity contribution >= 4 is 8.56 Å². The van der Waals surface area contributed by atoms with Gasteiger partial charge in [-0.1, -0.05) is 26.7 Å². The lowest BCUT2D eigenvalue weighted by Crippen LogP contribution is -2.48. The van der Waals surface area contributed by atoms with Crippen LogP contribution in [0.1, 0.15) is 52.4 Å². The van der Waals surface area contributed by atoms with E-state index in [1.54, 1.807) is 0 Å². The number of hydrogen-bond donors (Lipinski definition) is 0. The van der Waals surface area contributed by atoms with Gasteiger partial charge in [-0.05, 0) is 37.5 Å². The second kappa shape index (κ2) is 5.41. The molecule has 0 radical (unpaired) electrons. The summed E-state index contributed by atoms with van der Waals surface area (Å²) in [6.07, 6.45) is 8.07. The Balaban J connectivity index is 2.13. The third-order valence-electron chi connectivity index (χ3n) is 5.17. The molecule has 100 valence electrons. The SMILES string of the molecule is CO[Si](OC)(C1CCC(C)C1)C1CCC(C)C1. The Bertz CT molecular complexity index is 231. The van der Waals surface area contributed by atoms with E-state index in [1.165, 1.54) is 38.5 Å². The lowest BCUT2D eigenvalue weighted by molar-refractivity contribution is 0.213. The summed E-state index contributed by atoms with van der Waals surface area (Å²) in [4.78, 5) is 0. The minimum absolute atomic E-state index is 0.739. The molecule has 17 heavy (non-hydrogen) atoms. The Hall–Kier alpha value is 0.137. The molecule has 0 bridgehead atoms. The molecule has 2 fully saturated rings. The normalized spacial score (nSPS) is 38.8. The van der Waals surface area contributed by atoms with E-state index in [-0.39, 0.29) is 0 Å². The lowest BCUT2D eigenvalue weighted by Gasteiger charge is -2.38. The first-order valence-corrected chi connectivity index (χ1v) is 9.19. The molecular formula is C14H28O2Si. The highest BCUT2D eigenvalue weighted by Gasteiger charge is 2.54. The molecule has 4 atom stereocenters. The highest BCUT2D eigenvalue weighted by atomic mass is 28.4. The molecule has 0 spiro atoms. The van der Waals surface area contributed by atoms with Crippen molar-refractivity contribution in [1.82, 2.24) is 0 Å². The minimum Gasteiger partial charge on any atom is -0.397 e. The fraction of sp³-hybridized carbons (Fsp3) is 1.00. The fourth-order valence-corrected chi connectivity index (χ4v) is 8.99. The first-order valence-electron chi connectivity index (χ1n) is 7.22. The van der Waals surface area contributed by atoms with Crippen molar-refractivity contribution in [2.24, 2.45) is 11.8 Å². The van der Waals surface area contributed by atoms with E-state index < -0.39 is 8.56 Å². The van der Waals surface area contributed by atoms with Crippen LogP contribution in [-0.2, 0) is 8.85 Å². The molecule has 0 N–H and O–H groups in total. The largest absolute Gasteiger partial charge is 0.397 e. The van der Waals surface area contributed by atoms with Crippen molar-refractivity contribution in [1.29, 1.82) is 0 Å². The van der Waals surface area contributed by atoms with E-state index in [0.29, 0.717) is 0 Å². The van der Waals surface area contributed by atoms with Gasteiger partial charge in [-0.2, -0.15) is 0 Å². The van der Waals surface area contributed by atoms with E-state index in [9.17, 15) is 0 Å². The summed E-state index contributed by atoms with van der Waals surface area (Å²) >= 11 is 0. The van der Waals surface area contributed by atoms with E-state index in [4.69, 9.17) is 8.85 Å². The summed E-state index contributed by atoms with van der Waals surface area (Å²) in [6.45, 7) is 4.75. The van der Waals surface area contributed by atoms with Crippen LogP contribution in [0.5, 0.6) is 0 Å². The third-order valence-corrected chi connectivity index (χ3v) is 9.77. The Labute approximate surface area is 107 Å². The molecule has 2 aliphatic rings. The van der Waals surface area contributed by atoms with Crippen LogP contribution >= 0.6 is 0 Å². The van der Waals surface area contributed by atoms with Gasteiger partial charge in [0.25, 0.3) is 0 Å². The van der Waals surface area contributed by atoms with E-state index in [1.807, 2.05) is 14.2 Å². The predicted molar refractivity (Wildman–Crippen MR) is 73.3 cm³/mol. The Morgan fingerprint density at radius 1 is 0.765 bits per heavy atom. The highest BCUT2D eigenvalue weighted by Crippen LogP contribution is 2.52. The summed E-state index contributed by atoms with van der Waals surface area (Å²) in [5, 5.41) is 0. The van der Waals surface area contributed by atoms with Crippen LogP contribution in [0.3, 0.4) is 0 Å². The molecule has 3 heteroatoms. The molecule has 0 aromatic rings. The summed E-state index contributed by atoms with van der Waals surface area (Å²) in [7, 11) is 1.85. The van der Waals surface area contributed by atoms with Crippen LogP contribution in [-0.4, -0.2) is 22.8 Å². The van der Waals surface area contributed by atoms with Crippen LogP contribution in [0.4, 0.5) is 0 Å². The molecular weight excluding hydrogens is 228 g/mol. The van der Waals surface area contributed by atoms with E-state index in [0.717, 1.165) is 22.9 Å². The number of hydrogen-bond acceptors (Lipinski definition) is 2. The van der Waals surface area contributed by atoms with Crippen LogP contribution in [0.15, 0.2) is 0 Å². The van der Waals surface area contributed by atoms with Gasteiger partial charge in [0.15, 0.2) is 0 Å². The van der Waals surface area contributed by atoms with E-state index in [2.05, 4.69) is 13.8 Å². The Morgan fingerprint density at radius 2 is 1.18 bits per heavy atom. The van der Waals surface area contributed by atoms with Crippen LogP contribution in [0.25, 0.3) is 0 Å². The van der Waals surface area contributed by atoms with Gasteiger partial charge in [0.05, 0.1) is 0 Å². The lowest BCUT2D eigenvalue weighted by atomic mass is 10.1. The van der Waals surface area contributed by atoms with Crippen molar-refractivity contribution in [3.8, 4) is 0 Å². The van der Waals surface area contributed by atoms with Crippen molar-refractivity contribution in [2.45, 2.75) is 63.5 Å². The van der Waals surface area contributed by atoms with Crippen molar-refractivity contribution < 1.29 is 8.85 Å². The third kappa shape index (κ3) is 2.47. The molecule has 4 unspecified atom stereocenters. The van der Waals surface area contributed by atoms with Gasteiger partial charge in [-0.25, -0.2) is 0 Å². The average molecular weight is 256 g/mol. The van der Waals surface area contributed by atoms with Crippen molar-refractivity contribution in [3.63, 3.8) is 0 Å². The van der Waals surface area contributed by atoms with Gasteiger partial charge < -0.3 is 8.85 Å². The van der Waals surface area contributed by atoms with Gasteiger partial charge in [0.2, 0.25) is 0 Å². The summed E-state index contributed by atoms with van der Waals surface area (Å²) in [5.74, 6) is 1.74. The minimum atomic E-state index is -1.96. The van der Waals surface area contributed by atoms with Crippen molar-refractivity contribution in [2.75, 3.05) is 14.2 Å². The molecule has 2 aliphatic carbocycles. The average Bonchev–Trinajstić information content (AvgIpc) is 2.92. The monoisotopic (exact) mass is 256 g/mol. The maximum absolute atomic E-state index is 6.07. The highest BCUT2D eigenvalue weighted by molar-refractivity contribution is 6.70. The van der Waals surface area contributed by atoms with Gasteiger partial charge >= 0.3 is 8.56 Å². The second-order valence-electron chi connectivity index (χ2n) is 6.36. The fourth-order valence-electron chi connectivity index (χ4n) is 4.23. The van der Waals surface area contributed by atoms with Crippen molar-refractivity contribution in [3.05, 3.63) is 0 Å². The second-order valence-corrected chi connectivity index (χ2v) is 10.3. The first-order chi connectivity index (χ1) is 8.12. The van der Waals surface area contributed by atoms with Gasteiger partial charge in [0.1, 0.15) is 0 Å². The molecule has 0 amide bonds. The maximum atomic E-state index is 6.07. The molecule has 0 aromatic heterocycles. The summed E-state index contributed by atoms with van der Waals surface area (Å²) in [6, 6.07) is 0. The molecule has 2 rings (SSSR count). The summed E-state index contributed by atoms with van der Waals surface area (Å²) in [5.41, 5.74) is 1.48. The molecule has 2 saturated carbocycles. The van der Waals surface area contributed by atoms with Gasteiger partial charge in [-0.3, -0.25) is 0 Å². The smallest absolute Gasteiger partial charge is 0.344 e. The molecule has 0 heterocycles. The maximum Gasteiger partial charge on any atom is 0.344 e. The zero-order chi connectivity index (χ0) is 12.5. The van der Waals surface area contributed by atoms with Gasteiger partial charge in [0, 0.05) is 25.3 Å². The molecule has 0 saturated heterocycles. The zero-order valence-electron chi connectivity index (χ0n) is 11.9. The molecule has 2 nitrogen and oxygen atoms in total. The quantitative estimate of drug-likeness (QED) is 0.705. The molecule has 0 aromatic carbocycles. The van der Waals surface area contributed by atoms with Gasteiger partial charge in [-0.15, -0.1) is 0 Å². The Morgan fingerprint density at radius 3 is 1.41 bits per heavy atom. The Kier molecular flexibility index (Phi) is 4.32. The number of rotatable bonds is 4. The van der Waals surface area contributed by atoms with E-state index >= 15 is 0 Å². The topological polar surface area (TPSA) is 18.5 Å². The zero-order valence-corrected chi connectivity index (χ0v) is 12.9. The predicted octanol–water partition coefficient (Wildman–Crippen LogP) is 4.10. The van der Waals surface area contributed by atoms with Crippen LogP contribution in [0, 0.1) is 11.8 Å². The van der Waals surface area contributed by atoms with Crippen LogP contribution in [0.2, 0.25) is 11.1 Å². The molecule has 0 aliphatic heterocycles. The summed E-state index contributed by atoms with van der Waals surface area (Å²) < 4.78 is 12.1. The van der Waals surface area contributed by atoms with Crippen LogP contribution < -0.4 is 0 Å². The first kappa shape index (κ1) is 13.6. The standard InChI is InChI=1S/C14H28O2Si/c1-11-5-7-13(9-11)17(15-3,16-4)14-8-6-12(2)10-14/h11-14H,5-10H2,1-4H3.